The zero-order valence-electron chi connectivity index (χ0n) is 14.4. The number of allylic oxidation sites excluding steroid dienone is 1. The number of nitro groups is 1. The highest BCUT2D eigenvalue weighted by Gasteiger charge is 2.13. The molecule has 0 fully saturated rings. The first-order valence-corrected chi connectivity index (χ1v) is 8.68. The number of non-ortho nitro benzene ring substituents is 1. The van der Waals surface area contributed by atoms with E-state index in [1.54, 1.807) is 18.2 Å². The van der Waals surface area contributed by atoms with Crippen LogP contribution in [0.5, 0.6) is 11.5 Å². The Morgan fingerprint density at radius 1 is 1.33 bits per heavy atom. The fourth-order valence-corrected chi connectivity index (χ4v) is 2.87. The molecule has 2 aromatic carbocycles. The summed E-state index contributed by atoms with van der Waals surface area (Å²) in [6, 6.07) is 11.4. The van der Waals surface area contributed by atoms with Crippen LogP contribution < -0.4 is 9.47 Å². The van der Waals surface area contributed by atoms with Gasteiger partial charge in [-0.25, -0.2) is 0 Å². The van der Waals surface area contributed by atoms with Crippen LogP contribution >= 0.6 is 15.9 Å². The normalized spacial score (nSPS) is 10.6. The molecule has 0 amide bonds. The highest BCUT2D eigenvalue weighted by molar-refractivity contribution is 9.10. The zero-order valence-corrected chi connectivity index (χ0v) is 16.0. The number of hydrogen-bond donors (Lipinski definition) is 0. The van der Waals surface area contributed by atoms with E-state index in [1.165, 1.54) is 24.3 Å². The molecule has 0 saturated heterocycles. The van der Waals surface area contributed by atoms with Crippen LogP contribution in [-0.4, -0.2) is 18.1 Å². The van der Waals surface area contributed by atoms with E-state index in [4.69, 9.17) is 15.9 Å². The molecule has 0 spiro atoms. The largest absolute Gasteiger partial charge is 0.490 e. The molecule has 7 heteroatoms. The summed E-state index contributed by atoms with van der Waals surface area (Å²) in [6.45, 7) is 2.37. The lowest BCUT2D eigenvalue weighted by atomic mass is 10.0. The number of hydrogen-bond acceptors (Lipinski definition) is 5. The zero-order chi connectivity index (χ0) is 19.8. The first kappa shape index (κ1) is 20.0. The van der Waals surface area contributed by atoms with E-state index in [2.05, 4.69) is 27.9 Å². The maximum absolute atomic E-state index is 10.8. The number of nitrogens with zero attached hydrogens (tertiary/aromatic N) is 2. The van der Waals surface area contributed by atoms with Crippen molar-refractivity contribution in [3.8, 4) is 29.9 Å². The Bertz CT molecular complexity index is 954. The third-order valence-corrected chi connectivity index (χ3v) is 4.04. The molecular weight excluding hydrogens is 412 g/mol. The van der Waals surface area contributed by atoms with Crippen LogP contribution in [0.3, 0.4) is 0 Å². The topological polar surface area (TPSA) is 85.4 Å². The standard InChI is InChI=1S/C20H15BrN2O4/c1-3-9-27-20-18(21)11-14(12-19(20)26-4-2)10-16(13-22)15-5-7-17(8-6-15)23(24)25/h1,5-8,10-12H,4,9H2,2H3/b16-10-. The molecule has 0 unspecified atom stereocenters. The van der Waals surface area contributed by atoms with Gasteiger partial charge in [0.15, 0.2) is 11.5 Å². The predicted octanol–water partition coefficient (Wildman–Crippen LogP) is 4.83. The number of nitriles is 1. The second-order valence-corrected chi connectivity index (χ2v) is 6.08. The Morgan fingerprint density at radius 2 is 2.04 bits per heavy atom. The van der Waals surface area contributed by atoms with Gasteiger partial charge in [-0.05, 0) is 64.3 Å². The summed E-state index contributed by atoms with van der Waals surface area (Å²) in [4.78, 5) is 10.3. The molecule has 0 atom stereocenters. The van der Waals surface area contributed by atoms with Gasteiger partial charge >= 0.3 is 0 Å². The molecule has 0 N–H and O–H groups in total. The average molecular weight is 427 g/mol. The lowest BCUT2D eigenvalue weighted by Gasteiger charge is -2.13. The Kier molecular flexibility index (Phi) is 6.99. The van der Waals surface area contributed by atoms with Crippen molar-refractivity contribution in [3.63, 3.8) is 0 Å². The van der Waals surface area contributed by atoms with Gasteiger partial charge in [-0.2, -0.15) is 5.26 Å². The van der Waals surface area contributed by atoms with E-state index in [0.717, 1.165) is 0 Å². The fraction of sp³-hybridized carbons (Fsp3) is 0.150. The van der Waals surface area contributed by atoms with Crippen molar-refractivity contribution in [2.75, 3.05) is 13.2 Å². The van der Waals surface area contributed by atoms with Crippen LogP contribution in [0.2, 0.25) is 0 Å². The van der Waals surface area contributed by atoms with Gasteiger partial charge in [0.25, 0.3) is 5.69 Å². The van der Waals surface area contributed by atoms with Gasteiger partial charge < -0.3 is 9.47 Å². The van der Waals surface area contributed by atoms with Crippen molar-refractivity contribution in [1.82, 2.24) is 0 Å². The molecule has 0 saturated carbocycles. The maximum Gasteiger partial charge on any atom is 0.269 e. The molecule has 0 heterocycles. The summed E-state index contributed by atoms with van der Waals surface area (Å²) >= 11 is 3.43. The van der Waals surface area contributed by atoms with Gasteiger partial charge in [0.05, 0.1) is 27.6 Å². The molecule has 0 aliphatic heterocycles. The van der Waals surface area contributed by atoms with Gasteiger partial charge in [-0.1, -0.05) is 5.92 Å². The molecule has 2 aromatic rings. The second kappa shape index (κ2) is 9.42. The second-order valence-electron chi connectivity index (χ2n) is 5.23. The van der Waals surface area contributed by atoms with Crippen LogP contribution in [0.4, 0.5) is 5.69 Å². The number of terminal acetylenes is 1. The Labute approximate surface area is 165 Å². The quantitative estimate of drug-likeness (QED) is 0.208. The third kappa shape index (κ3) is 5.10. The summed E-state index contributed by atoms with van der Waals surface area (Å²) < 4.78 is 11.8. The van der Waals surface area contributed by atoms with Gasteiger partial charge in [-0.15, -0.1) is 6.42 Å². The molecule has 136 valence electrons. The smallest absolute Gasteiger partial charge is 0.269 e. The van der Waals surface area contributed by atoms with E-state index in [1.807, 2.05) is 6.92 Å². The van der Waals surface area contributed by atoms with Crippen molar-refractivity contribution >= 4 is 33.3 Å². The van der Waals surface area contributed by atoms with Gasteiger partial charge in [0.2, 0.25) is 0 Å². The minimum atomic E-state index is -0.486. The van der Waals surface area contributed by atoms with Crippen molar-refractivity contribution in [2.24, 2.45) is 0 Å². The molecule has 0 bridgehead atoms. The summed E-state index contributed by atoms with van der Waals surface area (Å²) in [7, 11) is 0. The minimum Gasteiger partial charge on any atom is -0.490 e. The van der Waals surface area contributed by atoms with E-state index in [9.17, 15) is 15.4 Å². The molecule has 27 heavy (non-hydrogen) atoms. The molecule has 0 aliphatic carbocycles. The highest BCUT2D eigenvalue weighted by atomic mass is 79.9. The van der Waals surface area contributed by atoms with E-state index >= 15 is 0 Å². The van der Waals surface area contributed by atoms with Crippen LogP contribution in [0.15, 0.2) is 40.9 Å². The summed E-state index contributed by atoms with van der Waals surface area (Å²) in [5, 5.41) is 20.3. The predicted molar refractivity (Wildman–Crippen MR) is 106 cm³/mol. The monoisotopic (exact) mass is 426 g/mol. The van der Waals surface area contributed by atoms with Crippen molar-refractivity contribution in [3.05, 3.63) is 62.1 Å². The van der Waals surface area contributed by atoms with Crippen LogP contribution in [0.25, 0.3) is 11.6 Å². The molecular formula is C20H15BrN2O4. The number of nitro benzene ring substituents is 1. The molecule has 0 radical (unpaired) electrons. The summed E-state index contributed by atoms with van der Waals surface area (Å²) in [5.74, 6) is 3.38. The Hall–Kier alpha value is -3.29. The number of benzene rings is 2. The van der Waals surface area contributed by atoms with E-state index in [-0.39, 0.29) is 12.3 Å². The Morgan fingerprint density at radius 3 is 2.59 bits per heavy atom. The maximum atomic E-state index is 10.8. The van der Waals surface area contributed by atoms with Crippen molar-refractivity contribution in [1.29, 1.82) is 5.26 Å². The number of halogens is 1. The first-order chi connectivity index (χ1) is 13.0. The highest BCUT2D eigenvalue weighted by Crippen LogP contribution is 2.38. The summed E-state index contributed by atoms with van der Waals surface area (Å²) in [6.07, 6.45) is 6.91. The molecule has 0 aliphatic rings. The van der Waals surface area contributed by atoms with Gasteiger partial charge in [0.1, 0.15) is 6.61 Å². The van der Waals surface area contributed by atoms with E-state index in [0.29, 0.717) is 39.3 Å². The fourth-order valence-electron chi connectivity index (χ4n) is 2.30. The van der Waals surface area contributed by atoms with Crippen LogP contribution in [-0.2, 0) is 0 Å². The van der Waals surface area contributed by atoms with Crippen LogP contribution in [0.1, 0.15) is 18.1 Å². The van der Waals surface area contributed by atoms with Gasteiger partial charge in [-0.3, -0.25) is 10.1 Å². The molecule has 6 nitrogen and oxygen atoms in total. The Balaban J connectivity index is 2.44. The lowest BCUT2D eigenvalue weighted by Crippen LogP contribution is -2.00. The first-order valence-electron chi connectivity index (χ1n) is 7.89. The summed E-state index contributed by atoms with van der Waals surface area (Å²) in [5.41, 5.74) is 1.60. The average Bonchev–Trinajstić information content (AvgIpc) is 2.66. The minimum absolute atomic E-state index is 0.0348. The number of ether oxygens (including phenoxy) is 2. The van der Waals surface area contributed by atoms with E-state index < -0.39 is 4.92 Å². The molecule has 0 aromatic heterocycles. The molecule has 2 rings (SSSR count). The lowest BCUT2D eigenvalue weighted by molar-refractivity contribution is -0.384. The van der Waals surface area contributed by atoms with Crippen LogP contribution in [0, 0.1) is 33.8 Å². The van der Waals surface area contributed by atoms with Gasteiger partial charge in [0, 0.05) is 12.1 Å². The SMILES string of the molecule is C#CCOc1c(Br)cc(/C=C(/C#N)c2ccc([N+](=O)[O-])cc2)cc1OCC. The van der Waals surface area contributed by atoms with Crippen molar-refractivity contribution < 1.29 is 14.4 Å². The van der Waals surface area contributed by atoms with Crippen molar-refractivity contribution in [2.45, 2.75) is 6.92 Å². The number of rotatable bonds is 7. The third-order valence-electron chi connectivity index (χ3n) is 3.45.